The van der Waals surface area contributed by atoms with E-state index in [0.29, 0.717) is 11.6 Å². The zero-order valence-corrected chi connectivity index (χ0v) is 12.2. The third-order valence-electron chi connectivity index (χ3n) is 3.68. The Labute approximate surface area is 126 Å². The minimum atomic E-state index is -0.453. The summed E-state index contributed by atoms with van der Waals surface area (Å²) in [6.45, 7) is 2.13. The molecule has 1 heterocycles. The first-order chi connectivity index (χ1) is 10.0. The monoisotopic (exact) mass is 308 g/mol. The van der Waals surface area contributed by atoms with Crippen molar-refractivity contribution in [2.45, 2.75) is 26.2 Å². The molecule has 0 bridgehead atoms. The molecule has 1 aromatic heterocycles. The van der Waals surface area contributed by atoms with Gasteiger partial charge in [-0.25, -0.2) is 4.39 Å². The van der Waals surface area contributed by atoms with E-state index in [4.69, 9.17) is 16.1 Å². The molecule has 110 valence electrons. The van der Waals surface area contributed by atoms with Crippen LogP contribution in [0.15, 0.2) is 22.7 Å². The summed E-state index contributed by atoms with van der Waals surface area (Å²) in [4.78, 5) is 12.3. The fraction of sp³-hybridized carbons (Fsp3) is 0.333. The Bertz CT molecular complexity index is 699. The summed E-state index contributed by atoms with van der Waals surface area (Å²) < 4.78 is 18.2. The number of halogens is 2. The molecule has 0 saturated heterocycles. The molecule has 1 N–H and O–H groups in total. The summed E-state index contributed by atoms with van der Waals surface area (Å²) in [6.07, 6.45) is 2.61. The number of rotatable bonds is 2. The van der Waals surface area contributed by atoms with E-state index in [0.717, 1.165) is 36.7 Å². The van der Waals surface area contributed by atoms with E-state index in [9.17, 15) is 9.18 Å². The quantitative estimate of drug-likeness (QED) is 0.917. The standard InChI is InChI=1S/C15H14ClFN2O2/c1-8-2-5-13-10(6-8)14(19-21-13)15(20)18-12-4-3-9(17)7-11(12)16/h3-4,7-8H,2,5-6H2,1H3,(H,18,20). The Morgan fingerprint density at radius 3 is 3.10 bits per heavy atom. The van der Waals surface area contributed by atoms with Crippen LogP contribution in [0.3, 0.4) is 0 Å². The largest absolute Gasteiger partial charge is 0.360 e. The van der Waals surface area contributed by atoms with Gasteiger partial charge in [0, 0.05) is 12.0 Å². The lowest BCUT2D eigenvalue weighted by atomic mass is 9.88. The smallest absolute Gasteiger partial charge is 0.278 e. The number of aryl methyl sites for hydroxylation is 1. The number of carbonyl (C=O) groups excluding carboxylic acids is 1. The summed E-state index contributed by atoms with van der Waals surface area (Å²) in [6, 6.07) is 3.81. The number of amides is 1. The lowest BCUT2D eigenvalue weighted by molar-refractivity contribution is 0.101. The van der Waals surface area contributed by atoms with Gasteiger partial charge in [0.05, 0.1) is 10.7 Å². The van der Waals surface area contributed by atoms with E-state index >= 15 is 0 Å². The highest BCUT2D eigenvalue weighted by molar-refractivity contribution is 6.33. The molecule has 1 atom stereocenters. The number of fused-ring (bicyclic) bond motifs is 1. The van der Waals surface area contributed by atoms with Crippen molar-refractivity contribution in [1.29, 1.82) is 0 Å². The van der Waals surface area contributed by atoms with E-state index in [2.05, 4.69) is 17.4 Å². The fourth-order valence-corrected chi connectivity index (χ4v) is 2.74. The number of nitrogens with one attached hydrogen (secondary N) is 1. The molecule has 0 radical (unpaired) electrons. The van der Waals surface area contributed by atoms with Gasteiger partial charge in [-0.15, -0.1) is 0 Å². The van der Waals surface area contributed by atoms with E-state index in [-0.39, 0.29) is 16.6 Å². The first kappa shape index (κ1) is 14.1. The van der Waals surface area contributed by atoms with Crippen LogP contribution in [0.2, 0.25) is 5.02 Å². The van der Waals surface area contributed by atoms with Crippen molar-refractivity contribution in [3.8, 4) is 0 Å². The van der Waals surface area contributed by atoms with Crippen LogP contribution in [0, 0.1) is 11.7 Å². The zero-order chi connectivity index (χ0) is 15.0. The Kier molecular flexibility index (Phi) is 3.68. The molecule has 2 aromatic rings. The van der Waals surface area contributed by atoms with Crippen LogP contribution in [0.25, 0.3) is 0 Å². The van der Waals surface area contributed by atoms with Crippen LogP contribution in [0.1, 0.15) is 35.2 Å². The lowest BCUT2D eigenvalue weighted by Gasteiger charge is -2.16. The molecule has 21 heavy (non-hydrogen) atoms. The van der Waals surface area contributed by atoms with Gasteiger partial charge in [0.2, 0.25) is 0 Å². The van der Waals surface area contributed by atoms with Gasteiger partial charge in [-0.05, 0) is 37.0 Å². The highest BCUT2D eigenvalue weighted by Crippen LogP contribution is 2.29. The predicted octanol–water partition coefficient (Wildman–Crippen LogP) is 3.84. The molecular formula is C15H14ClFN2O2. The highest BCUT2D eigenvalue weighted by Gasteiger charge is 2.27. The molecule has 1 aliphatic rings. The average Bonchev–Trinajstić information content (AvgIpc) is 2.85. The van der Waals surface area contributed by atoms with Gasteiger partial charge in [-0.2, -0.15) is 0 Å². The number of nitrogens with zero attached hydrogens (tertiary/aromatic N) is 1. The summed E-state index contributed by atoms with van der Waals surface area (Å²) >= 11 is 5.90. The minimum Gasteiger partial charge on any atom is -0.360 e. The topological polar surface area (TPSA) is 55.1 Å². The van der Waals surface area contributed by atoms with E-state index < -0.39 is 5.82 Å². The van der Waals surface area contributed by atoms with Gasteiger partial charge in [0.1, 0.15) is 11.6 Å². The van der Waals surface area contributed by atoms with Crippen molar-refractivity contribution in [2.75, 3.05) is 5.32 Å². The molecule has 6 heteroatoms. The minimum absolute atomic E-state index is 0.147. The van der Waals surface area contributed by atoms with Crippen molar-refractivity contribution in [1.82, 2.24) is 5.16 Å². The summed E-state index contributed by atoms with van der Waals surface area (Å²) in [5.41, 5.74) is 1.50. The predicted molar refractivity (Wildman–Crippen MR) is 77.1 cm³/mol. The Balaban J connectivity index is 1.85. The van der Waals surface area contributed by atoms with Crippen LogP contribution in [-0.2, 0) is 12.8 Å². The molecule has 3 rings (SSSR count). The van der Waals surface area contributed by atoms with Crippen molar-refractivity contribution < 1.29 is 13.7 Å². The van der Waals surface area contributed by atoms with Crippen LogP contribution in [-0.4, -0.2) is 11.1 Å². The normalized spacial score (nSPS) is 17.4. The molecule has 0 spiro atoms. The maximum Gasteiger partial charge on any atom is 0.278 e. The van der Waals surface area contributed by atoms with Crippen molar-refractivity contribution >= 4 is 23.2 Å². The van der Waals surface area contributed by atoms with Crippen molar-refractivity contribution in [2.24, 2.45) is 5.92 Å². The van der Waals surface area contributed by atoms with Crippen LogP contribution in [0.4, 0.5) is 10.1 Å². The lowest BCUT2D eigenvalue weighted by Crippen LogP contribution is -2.18. The Hall–Kier alpha value is -1.88. The van der Waals surface area contributed by atoms with Gasteiger partial charge in [-0.3, -0.25) is 4.79 Å². The second-order valence-corrected chi connectivity index (χ2v) is 5.77. The fourth-order valence-electron chi connectivity index (χ4n) is 2.53. The SMILES string of the molecule is CC1CCc2onc(C(=O)Nc3ccc(F)cc3Cl)c2C1. The number of hydrogen-bond donors (Lipinski definition) is 1. The van der Waals surface area contributed by atoms with Crippen LogP contribution in [0.5, 0.6) is 0 Å². The van der Waals surface area contributed by atoms with Gasteiger partial charge >= 0.3 is 0 Å². The zero-order valence-electron chi connectivity index (χ0n) is 11.5. The van der Waals surface area contributed by atoms with Gasteiger partial charge in [0.15, 0.2) is 5.69 Å². The number of benzene rings is 1. The second-order valence-electron chi connectivity index (χ2n) is 5.36. The first-order valence-electron chi connectivity index (χ1n) is 6.78. The van der Waals surface area contributed by atoms with Gasteiger partial charge in [0.25, 0.3) is 5.91 Å². The van der Waals surface area contributed by atoms with Crippen LogP contribution >= 0.6 is 11.6 Å². The molecule has 1 amide bonds. The summed E-state index contributed by atoms with van der Waals surface area (Å²) in [5, 5.41) is 6.66. The number of anilines is 1. The number of hydrogen-bond acceptors (Lipinski definition) is 3. The van der Waals surface area contributed by atoms with Gasteiger partial charge in [-0.1, -0.05) is 23.7 Å². The highest BCUT2D eigenvalue weighted by atomic mass is 35.5. The Morgan fingerprint density at radius 2 is 2.33 bits per heavy atom. The van der Waals surface area contributed by atoms with E-state index in [1.54, 1.807) is 0 Å². The molecule has 1 aromatic carbocycles. The third-order valence-corrected chi connectivity index (χ3v) is 3.99. The molecule has 1 unspecified atom stereocenters. The Morgan fingerprint density at radius 1 is 1.52 bits per heavy atom. The molecule has 0 aliphatic heterocycles. The molecule has 0 fully saturated rings. The molecule has 4 nitrogen and oxygen atoms in total. The maximum absolute atomic E-state index is 13.0. The average molecular weight is 309 g/mol. The van der Waals surface area contributed by atoms with Crippen molar-refractivity contribution in [3.63, 3.8) is 0 Å². The van der Waals surface area contributed by atoms with E-state index in [1.807, 2.05) is 0 Å². The summed E-state index contributed by atoms with van der Waals surface area (Å²) in [7, 11) is 0. The van der Waals surface area contributed by atoms with Gasteiger partial charge < -0.3 is 9.84 Å². The number of carbonyl (C=O) groups is 1. The third kappa shape index (κ3) is 2.78. The maximum atomic E-state index is 13.0. The molecule has 1 aliphatic carbocycles. The molecule has 0 saturated carbocycles. The number of aromatic nitrogens is 1. The summed E-state index contributed by atoms with van der Waals surface area (Å²) in [5.74, 6) is 0.439. The first-order valence-corrected chi connectivity index (χ1v) is 7.16. The van der Waals surface area contributed by atoms with Crippen molar-refractivity contribution in [3.05, 3.63) is 46.1 Å². The van der Waals surface area contributed by atoms with Crippen LogP contribution < -0.4 is 5.32 Å². The molecular weight excluding hydrogens is 295 g/mol. The van der Waals surface area contributed by atoms with E-state index in [1.165, 1.54) is 12.1 Å². The second kappa shape index (κ2) is 5.48.